The highest BCUT2D eigenvalue weighted by Crippen LogP contribution is 2.42. The summed E-state index contributed by atoms with van der Waals surface area (Å²) < 4.78 is 41.8. The Bertz CT molecular complexity index is 4780. The number of rotatable bonds is 14. The predicted molar refractivity (Wildman–Crippen MR) is 387 cm³/mol. The van der Waals surface area contributed by atoms with Crippen LogP contribution in [0, 0.1) is 34.0 Å². The van der Waals surface area contributed by atoms with E-state index in [1.807, 2.05) is 121 Å². The van der Waals surface area contributed by atoms with E-state index in [9.17, 15) is 15.8 Å². The number of piperazine rings is 1. The molecular weight excluding hydrogens is 1250 g/mol. The predicted octanol–water partition coefficient (Wildman–Crippen LogP) is 14.7. The summed E-state index contributed by atoms with van der Waals surface area (Å²) in [5, 5.41) is 34.7. The van der Waals surface area contributed by atoms with Crippen molar-refractivity contribution in [2.45, 2.75) is 75.7 Å². The fourth-order valence-electron chi connectivity index (χ4n) is 14.3. The van der Waals surface area contributed by atoms with Crippen LogP contribution in [0.2, 0.25) is 0 Å². The van der Waals surface area contributed by atoms with E-state index in [0.29, 0.717) is 79.6 Å². The molecule has 0 unspecified atom stereocenters. The van der Waals surface area contributed by atoms with Gasteiger partial charge in [0.25, 0.3) is 0 Å². The molecule has 9 heterocycles. The molecule has 4 aromatic heterocycles. The lowest BCUT2D eigenvalue weighted by Gasteiger charge is -2.43. The number of pyridine rings is 2. The van der Waals surface area contributed by atoms with Crippen LogP contribution in [0.1, 0.15) is 88.9 Å². The van der Waals surface area contributed by atoms with Crippen LogP contribution in [0.4, 0.5) is 5.69 Å². The third-order valence-corrected chi connectivity index (χ3v) is 20.0. The maximum Gasteiger partial charge on any atom is 0.137 e. The molecule has 502 valence electrons. The van der Waals surface area contributed by atoms with Gasteiger partial charge in [-0.15, -0.1) is 0 Å². The van der Waals surface area contributed by atoms with Crippen LogP contribution in [0.25, 0.3) is 78.8 Å². The molecule has 10 aromatic rings. The zero-order valence-corrected chi connectivity index (χ0v) is 56.2. The van der Waals surface area contributed by atoms with Crippen molar-refractivity contribution in [1.82, 2.24) is 29.6 Å². The van der Waals surface area contributed by atoms with Crippen molar-refractivity contribution in [1.29, 1.82) is 15.8 Å². The van der Waals surface area contributed by atoms with Crippen LogP contribution >= 0.6 is 0 Å². The number of nitrogens with zero attached hydrogens (tertiary/aromatic N) is 9. The maximum absolute atomic E-state index is 9.88. The third-order valence-electron chi connectivity index (χ3n) is 20.0. The summed E-state index contributed by atoms with van der Waals surface area (Å²) in [6, 6.07) is 57.0. The van der Waals surface area contributed by atoms with Gasteiger partial charge >= 0.3 is 0 Å². The third kappa shape index (κ3) is 14.6. The van der Waals surface area contributed by atoms with Gasteiger partial charge < -0.3 is 43.0 Å². The zero-order valence-electron chi connectivity index (χ0n) is 56.2. The lowest BCUT2D eigenvalue weighted by molar-refractivity contribution is -0.0660. The van der Waals surface area contributed by atoms with E-state index in [4.69, 9.17) is 38.1 Å². The summed E-state index contributed by atoms with van der Waals surface area (Å²) in [5.41, 5.74) is 21.8. The Morgan fingerprint density at radius 1 is 0.480 bits per heavy atom. The average Bonchev–Trinajstić information content (AvgIpc) is 1.61. The van der Waals surface area contributed by atoms with Crippen LogP contribution in [0.5, 0.6) is 17.2 Å². The SMILES string of the molecule is Cn1cc(C2=Cc3c(-c4ccc(OC5CCOCC5)c(C#N)c4)ccnc3C2)cn1.N#Cc1cc(-c2cccc3[nH]c(-c4ccccc4)cc23)ccc1OC1CCOCC1.N#Cc1cc(-c2ccnc3c2C=C(c2ccc(N4CCN(C5COC5)CC4)cc2)C3)ccc1OC1CCOCC1. The van der Waals surface area contributed by atoms with Crippen LogP contribution in [-0.2, 0) is 38.8 Å². The number of aromatic nitrogens is 5. The molecule has 5 fully saturated rings. The summed E-state index contributed by atoms with van der Waals surface area (Å²) >= 11 is 0. The van der Waals surface area contributed by atoms with Gasteiger partial charge in [0, 0.05) is 142 Å². The second-order valence-electron chi connectivity index (χ2n) is 26.4. The van der Waals surface area contributed by atoms with Gasteiger partial charge in [-0.1, -0.05) is 72.8 Å². The van der Waals surface area contributed by atoms with E-state index in [1.165, 1.54) is 22.4 Å². The minimum Gasteiger partial charge on any atom is -0.489 e. The number of allylic oxidation sites excluding steroid dienone is 2. The number of benzene rings is 6. The number of aromatic amines is 1. The molecule has 0 bridgehead atoms. The summed E-state index contributed by atoms with van der Waals surface area (Å²) in [6.45, 7) is 10.3. The van der Waals surface area contributed by atoms with Crippen LogP contribution in [0.3, 0.4) is 0 Å². The van der Waals surface area contributed by atoms with Gasteiger partial charge in [0.15, 0.2) is 0 Å². The first-order chi connectivity index (χ1) is 49.3. The van der Waals surface area contributed by atoms with Crippen molar-refractivity contribution in [3.63, 3.8) is 0 Å². The Hall–Kier alpha value is -10.7. The lowest BCUT2D eigenvalue weighted by atomic mass is 9.98. The molecule has 100 heavy (non-hydrogen) atoms. The van der Waals surface area contributed by atoms with Crippen molar-refractivity contribution in [3.8, 4) is 80.1 Å². The number of H-pyrrole nitrogens is 1. The smallest absolute Gasteiger partial charge is 0.137 e. The average molecular weight is 1330 g/mol. The molecule has 2 aliphatic carbocycles. The number of nitriles is 3. The lowest BCUT2D eigenvalue weighted by Crippen LogP contribution is -2.56. The Morgan fingerprint density at radius 2 is 0.970 bits per heavy atom. The molecule has 0 atom stereocenters. The summed E-state index contributed by atoms with van der Waals surface area (Å²) in [6.07, 6.45) is 19.1. The number of fused-ring (bicyclic) bond motifs is 3. The molecule has 0 amide bonds. The number of anilines is 1. The van der Waals surface area contributed by atoms with Gasteiger partial charge in [0.1, 0.15) is 53.8 Å². The molecular formula is C83H78N10O7. The summed E-state index contributed by atoms with van der Waals surface area (Å²) in [5.74, 6) is 1.95. The summed E-state index contributed by atoms with van der Waals surface area (Å²) in [7, 11) is 1.92. The highest BCUT2D eigenvalue weighted by molar-refractivity contribution is 5.99. The maximum atomic E-state index is 9.88. The molecule has 6 aromatic carbocycles. The molecule has 0 radical (unpaired) electrons. The molecule has 0 saturated carbocycles. The van der Waals surface area contributed by atoms with E-state index in [-0.39, 0.29) is 18.3 Å². The van der Waals surface area contributed by atoms with Crippen LogP contribution in [-0.4, -0.2) is 133 Å². The minimum absolute atomic E-state index is 0.0980. The fraction of sp³-hybridized carbons (Fsp3) is 0.301. The number of nitrogens with one attached hydrogen (secondary N) is 1. The first kappa shape index (κ1) is 65.3. The second kappa shape index (κ2) is 30.2. The van der Waals surface area contributed by atoms with Gasteiger partial charge in [-0.25, -0.2) is 0 Å². The molecule has 7 aliphatic rings. The molecule has 5 aliphatic heterocycles. The van der Waals surface area contributed by atoms with Gasteiger partial charge in [-0.2, -0.15) is 20.9 Å². The van der Waals surface area contributed by atoms with Crippen molar-refractivity contribution in [2.24, 2.45) is 7.05 Å². The van der Waals surface area contributed by atoms with Gasteiger partial charge in [0.2, 0.25) is 0 Å². The molecule has 17 heteroatoms. The normalized spacial score (nSPS) is 17.2. The van der Waals surface area contributed by atoms with E-state index < -0.39 is 0 Å². The minimum atomic E-state index is 0.0980. The number of aryl methyl sites for hydroxylation is 1. The zero-order chi connectivity index (χ0) is 67.7. The number of ether oxygens (including phenoxy) is 7. The monoisotopic (exact) mass is 1330 g/mol. The van der Waals surface area contributed by atoms with E-state index in [1.54, 1.807) is 0 Å². The first-order valence-electron chi connectivity index (χ1n) is 34.8. The Kier molecular flexibility index (Phi) is 19.7. The standard InChI is InChI=1S/C33H34N4O3.C26H22N2O2.C24H22N4O2/c34-20-26-17-24(3-6-33(26)40-29-8-15-38-16-9-29)30-7-10-35-32-19-25(18-31(30)32)23-1-4-27(5-2-23)36-11-13-37(14-12-36)28-21-39-22-28;27-17-20-15-19(9-10-26(20)30-21-11-13-29-14-12-21)22-7-4-8-24-23(22)16-25(28-24)18-5-2-1-3-6-18;1-28-15-19(14-27-28)17-11-22-21(4-7-26-23(22)12-17)16-2-3-24(18(10-16)13-25)30-20-5-8-29-9-6-20/h1-7,10,17-18,28-29H,8-9,11-16,19,21-22H2;1-10,15-16,21,28H,11-14H2;2-4,7,10-11,14-15,20H,5-6,8-9,12H2,1H3. The van der Waals surface area contributed by atoms with E-state index in [2.05, 4.69) is 116 Å². The highest BCUT2D eigenvalue weighted by atomic mass is 16.5. The molecule has 5 saturated heterocycles. The Balaban J connectivity index is 0.000000124. The molecule has 17 nitrogen and oxygen atoms in total. The van der Waals surface area contributed by atoms with Gasteiger partial charge in [-0.3, -0.25) is 19.5 Å². The van der Waals surface area contributed by atoms with Crippen molar-refractivity contribution in [3.05, 3.63) is 221 Å². The Morgan fingerprint density at radius 3 is 1.44 bits per heavy atom. The van der Waals surface area contributed by atoms with E-state index >= 15 is 0 Å². The van der Waals surface area contributed by atoms with Crippen molar-refractivity contribution in [2.75, 3.05) is 83.9 Å². The number of hydrogen-bond donors (Lipinski definition) is 1. The Labute approximate surface area is 583 Å². The van der Waals surface area contributed by atoms with Crippen molar-refractivity contribution < 1.29 is 33.2 Å². The molecule has 1 N–H and O–H groups in total. The quantitative estimate of drug-likeness (QED) is 0.108. The topological polar surface area (TPSA) is 202 Å². The van der Waals surface area contributed by atoms with Crippen LogP contribution in [0.15, 0.2) is 170 Å². The second-order valence-corrected chi connectivity index (χ2v) is 26.4. The number of hydrogen-bond acceptors (Lipinski definition) is 15. The molecule has 0 spiro atoms. The van der Waals surface area contributed by atoms with Crippen molar-refractivity contribution >= 4 is 39.9 Å². The van der Waals surface area contributed by atoms with Gasteiger partial charge in [0.05, 0.1) is 93.2 Å². The molecule has 17 rings (SSSR count). The van der Waals surface area contributed by atoms with Gasteiger partial charge in [-0.05, 0) is 141 Å². The van der Waals surface area contributed by atoms with E-state index in [0.717, 1.165) is 174 Å². The highest BCUT2D eigenvalue weighted by Gasteiger charge is 2.30. The first-order valence-corrected chi connectivity index (χ1v) is 34.8. The summed E-state index contributed by atoms with van der Waals surface area (Å²) in [4.78, 5) is 17.9. The largest absolute Gasteiger partial charge is 0.489 e. The van der Waals surface area contributed by atoms with Crippen LogP contribution < -0.4 is 19.1 Å². The fourth-order valence-corrected chi connectivity index (χ4v) is 14.3.